The largest absolute Gasteiger partial charge is 0.311 e. The summed E-state index contributed by atoms with van der Waals surface area (Å²) in [5, 5.41) is 4.93. The fourth-order valence-electron chi connectivity index (χ4n) is 15.5. The third-order valence-electron chi connectivity index (χ3n) is 18.7. The first kappa shape index (κ1) is 47.3. The molecule has 0 spiro atoms. The molecule has 0 atom stereocenters. The molecule has 15 aromatic rings. The van der Waals surface area contributed by atoms with E-state index in [2.05, 4.69) is 332 Å². The molecular weight excluding hydrogens is 1040 g/mol. The molecular formula is C78H50B2N6. The van der Waals surface area contributed by atoms with Gasteiger partial charge in [-0.1, -0.05) is 188 Å². The molecule has 4 aliphatic heterocycles. The normalized spacial score (nSPS) is 13.0. The van der Waals surface area contributed by atoms with Gasteiger partial charge in [-0.3, -0.25) is 0 Å². The maximum absolute atomic E-state index is 2.70. The molecule has 0 aliphatic carbocycles. The zero-order chi connectivity index (χ0) is 56.1. The molecule has 2 aromatic heterocycles. The van der Waals surface area contributed by atoms with Gasteiger partial charge < -0.3 is 28.7 Å². The Bertz CT molecular complexity index is 5180. The van der Waals surface area contributed by atoms with Gasteiger partial charge in [0.2, 0.25) is 0 Å². The number of fused-ring (bicyclic) bond motifs is 16. The molecule has 0 bridgehead atoms. The fraction of sp³-hybridized carbons (Fsp3) is 0. The van der Waals surface area contributed by atoms with E-state index in [4.69, 9.17) is 0 Å². The Hall–Kier alpha value is -11.2. The minimum absolute atomic E-state index is 0.0452. The van der Waals surface area contributed by atoms with Gasteiger partial charge in [0.25, 0.3) is 13.4 Å². The summed E-state index contributed by atoms with van der Waals surface area (Å²) in [6, 6.07) is 113. The lowest BCUT2D eigenvalue weighted by Gasteiger charge is -2.41. The minimum Gasteiger partial charge on any atom is -0.311 e. The molecule has 86 heavy (non-hydrogen) atoms. The summed E-state index contributed by atoms with van der Waals surface area (Å²) in [7, 11) is 0. The van der Waals surface area contributed by atoms with Crippen molar-refractivity contribution in [3.05, 3.63) is 303 Å². The molecule has 398 valence electrons. The van der Waals surface area contributed by atoms with Crippen LogP contribution in [0.4, 0.5) is 68.2 Å². The second kappa shape index (κ2) is 18.1. The molecule has 6 heterocycles. The van der Waals surface area contributed by atoms with Gasteiger partial charge in [0.1, 0.15) is 0 Å². The first-order chi connectivity index (χ1) is 42.8. The van der Waals surface area contributed by atoms with Gasteiger partial charge in [-0.2, -0.15) is 0 Å². The summed E-state index contributed by atoms with van der Waals surface area (Å²) < 4.78 is 5.35. The lowest BCUT2D eigenvalue weighted by atomic mass is 9.33. The molecule has 4 aliphatic rings. The monoisotopic (exact) mass is 1090 g/mol. The summed E-state index contributed by atoms with van der Waals surface area (Å²) >= 11 is 0. The highest BCUT2D eigenvalue weighted by Crippen LogP contribution is 2.53. The van der Waals surface area contributed by atoms with Crippen molar-refractivity contribution >= 4 is 158 Å². The van der Waals surface area contributed by atoms with E-state index in [0.29, 0.717) is 0 Å². The van der Waals surface area contributed by atoms with Crippen molar-refractivity contribution in [2.24, 2.45) is 0 Å². The Balaban J connectivity index is 1.03. The van der Waals surface area contributed by atoms with Gasteiger partial charge in [-0.05, 0) is 148 Å². The molecule has 8 heteroatoms. The molecule has 0 fully saturated rings. The molecule has 19 rings (SSSR count). The van der Waals surface area contributed by atoms with Crippen LogP contribution >= 0.6 is 0 Å². The van der Waals surface area contributed by atoms with Gasteiger partial charge in [-0.25, -0.2) is 0 Å². The van der Waals surface area contributed by atoms with Crippen molar-refractivity contribution in [3.63, 3.8) is 0 Å². The lowest BCUT2D eigenvalue weighted by Crippen LogP contribution is -2.60. The topological polar surface area (TPSA) is 22.8 Å². The lowest BCUT2D eigenvalue weighted by molar-refractivity contribution is 1.16. The van der Waals surface area contributed by atoms with Crippen molar-refractivity contribution < 1.29 is 0 Å². The Morgan fingerprint density at radius 1 is 0.256 bits per heavy atom. The van der Waals surface area contributed by atoms with Gasteiger partial charge in [-0.15, -0.1) is 0 Å². The standard InChI is InChI=1S/C78H50B2N6/c1-7-27-51(28-8-1)81(52-29-9-2-10-30-52)57-47-69-74-70(48-57)85-64-43-23-19-39-58(64)73-76-59(49-63(77(73)85)80(74)61-41-21-25-45-66(61)83(69)55-35-15-5-16-36-55)72-68(82(53-31-11-3-12-32-53)54-33-13-4-14-34-54)50-71-75-78(72)86(76)67-46-26-22-42-62(67)79(75)60-40-20-24-44-65(60)84(71)56-37-17-6-18-38-56/h1-50H. The first-order valence-electron chi connectivity index (χ1n) is 29.8. The molecule has 0 radical (unpaired) electrons. The zero-order valence-corrected chi connectivity index (χ0v) is 46.7. The number of nitrogens with zero attached hydrogens (tertiary/aromatic N) is 6. The van der Waals surface area contributed by atoms with E-state index in [-0.39, 0.29) is 13.4 Å². The van der Waals surface area contributed by atoms with Crippen LogP contribution in [0.1, 0.15) is 0 Å². The van der Waals surface area contributed by atoms with Crippen LogP contribution in [-0.4, -0.2) is 22.6 Å². The number of anilines is 12. The molecule has 0 N–H and O–H groups in total. The van der Waals surface area contributed by atoms with E-state index in [0.717, 1.165) is 51.2 Å². The Morgan fingerprint density at radius 2 is 0.686 bits per heavy atom. The number of para-hydroxylation sites is 10. The Kier molecular flexibility index (Phi) is 9.98. The summed E-state index contributed by atoms with van der Waals surface area (Å²) in [4.78, 5) is 10.0. The number of benzene rings is 13. The fourth-order valence-corrected chi connectivity index (χ4v) is 15.5. The van der Waals surface area contributed by atoms with Crippen molar-refractivity contribution in [2.75, 3.05) is 19.6 Å². The maximum atomic E-state index is 2.70. The summed E-state index contributed by atoms with van der Waals surface area (Å²) in [6.45, 7) is -0.184. The number of hydrogen-bond acceptors (Lipinski definition) is 4. The molecule has 0 unspecified atom stereocenters. The van der Waals surface area contributed by atoms with E-state index in [9.17, 15) is 0 Å². The van der Waals surface area contributed by atoms with E-state index < -0.39 is 0 Å². The highest BCUT2D eigenvalue weighted by atomic mass is 15.2. The van der Waals surface area contributed by atoms with Crippen LogP contribution in [0.15, 0.2) is 303 Å². The summed E-state index contributed by atoms with van der Waals surface area (Å²) in [6.07, 6.45) is 0. The second-order valence-electron chi connectivity index (χ2n) is 23.1. The third-order valence-corrected chi connectivity index (χ3v) is 18.7. The van der Waals surface area contributed by atoms with Crippen LogP contribution in [0.5, 0.6) is 0 Å². The first-order valence-corrected chi connectivity index (χ1v) is 29.8. The van der Waals surface area contributed by atoms with Crippen LogP contribution < -0.4 is 52.4 Å². The molecule has 0 amide bonds. The van der Waals surface area contributed by atoms with Crippen LogP contribution in [0, 0.1) is 0 Å². The van der Waals surface area contributed by atoms with Gasteiger partial charge in [0, 0.05) is 89.8 Å². The van der Waals surface area contributed by atoms with E-state index in [1.165, 1.54) is 105 Å². The maximum Gasteiger partial charge on any atom is 0.252 e. The number of aromatic nitrogens is 2. The highest BCUT2D eigenvalue weighted by molar-refractivity contribution is 7.01. The summed E-state index contributed by atoms with van der Waals surface area (Å²) in [5.41, 5.74) is 28.5. The van der Waals surface area contributed by atoms with Crippen molar-refractivity contribution in [1.82, 2.24) is 9.13 Å². The molecule has 0 saturated carbocycles. The quantitative estimate of drug-likeness (QED) is 0.141. The average Bonchev–Trinajstić information content (AvgIpc) is 1.47. The Labute approximate surface area is 498 Å². The highest BCUT2D eigenvalue weighted by Gasteiger charge is 2.47. The zero-order valence-electron chi connectivity index (χ0n) is 46.7. The second-order valence-corrected chi connectivity index (χ2v) is 23.1. The number of rotatable bonds is 8. The minimum atomic E-state index is -0.139. The smallest absolute Gasteiger partial charge is 0.252 e. The van der Waals surface area contributed by atoms with Gasteiger partial charge in [0.05, 0.1) is 33.4 Å². The van der Waals surface area contributed by atoms with Crippen LogP contribution in [0.25, 0.3) is 55.0 Å². The third kappa shape index (κ3) is 6.47. The van der Waals surface area contributed by atoms with E-state index in [1.54, 1.807) is 0 Å². The van der Waals surface area contributed by atoms with Crippen molar-refractivity contribution in [3.8, 4) is 11.4 Å². The average molecular weight is 1090 g/mol. The predicted octanol–water partition coefficient (Wildman–Crippen LogP) is 16.0. The number of hydrogen-bond donors (Lipinski definition) is 0. The Morgan fingerprint density at radius 3 is 1.24 bits per heavy atom. The summed E-state index contributed by atoms with van der Waals surface area (Å²) in [5.74, 6) is 0. The van der Waals surface area contributed by atoms with Crippen LogP contribution in [0.3, 0.4) is 0 Å². The van der Waals surface area contributed by atoms with E-state index >= 15 is 0 Å². The van der Waals surface area contributed by atoms with Gasteiger partial charge in [0.15, 0.2) is 0 Å². The molecule has 0 saturated heterocycles. The predicted molar refractivity (Wildman–Crippen MR) is 363 cm³/mol. The molecule has 13 aromatic carbocycles. The SMILES string of the molecule is c1ccc(N(c2ccccc2)c2cc3c4c(c2)-n2c5ccccc5c5c2c(cc2c6c(N(c7ccccc7)c7ccccc7)cc7c8c6n(c25)-c2ccccc2B8c2ccccc2N7c2ccccc2)B4c2ccccc2N3c2ccccc2)cc1. The van der Waals surface area contributed by atoms with Gasteiger partial charge >= 0.3 is 0 Å². The van der Waals surface area contributed by atoms with Crippen molar-refractivity contribution in [2.45, 2.75) is 0 Å². The van der Waals surface area contributed by atoms with Crippen molar-refractivity contribution in [1.29, 1.82) is 0 Å². The van der Waals surface area contributed by atoms with Crippen LogP contribution in [-0.2, 0) is 0 Å². The van der Waals surface area contributed by atoms with E-state index in [1.807, 2.05) is 0 Å². The van der Waals surface area contributed by atoms with Crippen LogP contribution in [0.2, 0.25) is 0 Å². The molecule has 6 nitrogen and oxygen atoms in total.